The molecule has 0 aromatic carbocycles. The van der Waals surface area contributed by atoms with E-state index in [1.54, 1.807) is 0 Å². The van der Waals surface area contributed by atoms with Gasteiger partial charge in [-0.15, -0.1) is 0 Å². The monoisotopic (exact) mass is 182 g/mol. The van der Waals surface area contributed by atoms with Gasteiger partial charge in [0.25, 0.3) is 0 Å². The third-order valence-corrected chi connectivity index (χ3v) is 0. The number of hydrogen-bond donors (Lipinski definition) is 0. The molecule has 0 bridgehead atoms. The molecule has 0 unspecified atom stereocenters. The van der Waals surface area contributed by atoms with Gasteiger partial charge in [0.1, 0.15) is 0 Å². The summed E-state index contributed by atoms with van der Waals surface area (Å²) in [7, 11) is 0. The van der Waals surface area contributed by atoms with Gasteiger partial charge in [-0.1, -0.05) is 0 Å². The van der Waals surface area contributed by atoms with Crippen molar-refractivity contribution in [2.24, 2.45) is 0 Å². The first-order valence-corrected chi connectivity index (χ1v) is 2.54. The molecule has 0 fully saturated rings. The Bertz CT molecular complexity index is 133. The van der Waals surface area contributed by atoms with Crippen molar-refractivity contribution in [3.63, 3.8) is 0 Å². The van der Waals surface area contributed by atoms with E-state index in [-0.39, 0.29) is 80.9 Å². The van der Waals surface area contributed by atoms with E-state index in [1.807, 2.05) is 0 Å². The minimum absolute atomic E-state index is 0. The Morgan fingerprint density at radius 1 is 1.14 bits per heavy atom. The topological polar surface area (TPSA) is 74.3 Å². The molecule has 0 amide bonds. The first-order chi connectivity index (χ1) is 2.00. The molecule has 0 aliphatic carbocycles. The zero-order chi connectivity index (χ0) is 4.50. The third-order valence-electron chi connectivity index (χ3n) is 0. The van der Waals surface area contributed by atoms with Crippen molar-refractivity contribution in [2.45, 2.75) is 0 Å². The van der Waals surface area contributed by atoms with Crippen LogP contribution in [-0.2, 0) is 24.5 Å². The molecule has 0 atom stereocenters. The van der Waals surface area contributed by atoms with Crippen LogP contribution < -0.4 is 33.7 Å². The summed E-state index contributed by atoms with van der Waals surface area (Å²) in [5, 5.41) is 0. The minimum atomic E-state index is -5.62. The van der Waals surface area contributed by atoms with E-state index < -0.39 is 13.0 Å². The van der Waals surface area contributed by atoms with Crippen LogP contribution in [0.25, 0.3) is 0 Å². The summed E-state index contributed by atoms with van der Waals surface area (Å²) < 4.78 is 34.3. The summed E-state index contributed by atoms with van der Waals surface area (Å²) in [5.74, 6) is 0. The van der Waals surface area contributed by atoms with E-state index in [0.717, 1.165) is 0 Å². The molecule has 0 saturated carbocycles. The zero-order valence-electron chi connectivity index (χ0n) is 3.01. The summed E-state index contributed by atoms with van der Waals surface area (Å²) in [6, 6.07) is 0. The zero-order valence-corrected chi connectivity index (χ0v) is 6.19. The summed E-state index contributed by atoms with van der Waals surface area (Å²) in [6.07, 6.45) is 0. The molecule has 7 heavy (non-hydrogen) atoms. The van der Waals surface area contributed by atoms with Gasteiger partial charge in [-0.05, 0) is 0 Å². The molecule has 0 aliphatic heterocycles. The Morgan fingerprint density at radius 2 is 1.14 bits per heavy atom. The molecule has 7 heteroatoms. The Hall–Kier alpha value is 2.52. The Kier molecular flexibility index (Phi) is 15.4. The van der Waals surface area contributed by atoms with Crippen LogP contribution >= 0.6 is 0 Å². The molecule has 0 aliphatic rings. The normalized spacial score (nSPS) is 8.14. The molecular weight excluding hydrogens is 181 g/mol. The fourth-order valence-electron chi connectivity index (χ4n) is 0. The molecule has 0 aromatic heterocycles. The molecule has 34 valence electrons. The van der Waals surface area contributed by atoms with E-state index in [0.29, 0.717) is 0 Å². The van der Waals surface area contributed by atoms with Crippen molar-refractivity contribution in [3.05, 3.63) is 0 Å². The van der Waals surface area contributed by atoms with Crippen LogP contribution in [0.3, 0.4) is 0 Å². The molecule has 4 nitrogen and oxygen atoms in total. The second-order valence-electron chi connectivity index (χ2n) is 0.378. The SMILES string of the molecule is [KH].[Na+].[O]=[Mn](=[O])(=[O])[O-]. The molecule has 0 heterocycles. The molecule has 0 rings (SSSR count). The first kappa shape index (κ1) is 16.3. The molecule has 0 spiro atoms. The summed E-state index contributed by atoms with van der Waals surface area (Å²) in [6.45, 7) is 0. The summed E-state index contributed by atoms with van der Waals surface area (Å²) >= 11 is -5.62. The maximum absolute atomic E-state index is 8.58. The van der Waals surface area contributed by atoms with E-state index in [2.05, 4.69) is 0 Å². The fourth-order valence-corrected chi connectivity index (χ4v) is 0. The van der Waals surface area contributed by atoms with Crippen molar-refractivity contribution >= 4 is 51.4 Å². The van der Waals surface area contributed by atoms with Gasteiger partial charge in [-0.25, -0.2) is 0 Å². The molecule has 0 saturated heterocycles. The maximum atomic E-state index is 8.58. The Morgan fingerprint density at radius 3 is 1.14 bits per heavy atom. The van der Waals surface area contributed by atoms with Gasteiger partial charge in [0.15, 0.2) is 0 Å². The van der Waals surface area contributed by atoms with Crippen LogP contribution in [0.15, 0.2) is 0 Å². The van der Waals surface area contributed by atoms with Crippen LogP contribution in [0.5, 0.6) is 0 Å². The van der Waals surface area contributed by atoms with Gasteiger partial charge in [-0.3, -0.25) is 0 Å². The summed E-state index contributed by atoms with van der Waals surface area (Å²) in [5.41, 5.74) is 0. The van der Waals surface area contributed by atoms with E-state index >= 15 is 0 Å². The average Bonchev–Trinajstić information content (AvgIpc) is 0.722. The van der Waals surface area contributed by atoms with Gasteiger partial charge >= 0.3 is 110 Å². The van der Waals surface area contributed by atoms with Gasteiger partial charge in [0, 0.05) is 0 Å². The standard InChI is InChI=1S/K.Mn.Na.4O.H/q;;+1;;;;-1;. The van der Waals surface area contributed by atoms with Crippen LogP contribution in [0.2, 0.25) is 0 Å². The van der Waals surface area contributed by atoms with E-state index in [1.165, 1.54) is 0 Å². The number of rotatable bonds is 0. The quantitative estimate of drug-likeness (QED) is 0.351. The van der Waals surface area contributed by atoms with Crippen LogP contribution in [0.4, 0.5) is 0 Å². The van der Waals surface area contributed by atoms with Crippen molar-refractivity contribution < 1.29 is 58.2 Å². The average molecular weight is 182 g/mol. The van der Waals surface area contributed by atoms with Crippen LogP contribution in [0.1, 0.15) is 0 Å². The summed E-state index contributed by atoms with van der Waals surface area (Å²) in [4.78, 5) is 0. The van der Waals surface area contributed by atoms with Crippen LogP contribution in [0, 0.1) is 0 Å². The molecule has 0 N–H and O–H groups in total. The molecule has 0 radical (unpaired) electrons. The van der Waals surface area contributed by atoms with Crippen molar-refractivity contribution in [3.8, 4) is 0 Å². The second kappa shape index (κ2) is 6.63. The van der Waals surface area contributed by atoms with E-state index in [4.69, 9.17) is 15.7 Å². The molecule has 0 aromatic rings. The van der Waals surface area contributed by atoms with Crippen molar-refractivity contribution in [1.82, 2.24) is 0 Å². The van der Waals surface area contributed by atoms with Crippen molar-refractivity contribution in [1.29, 1.82) is 0 Å². The van der Waals surface area contributed by atoms with Crippen molar-refractivity contribution in [2.75, 3.05) is 0 Å². The predicted octanol–water partition coefficient (Wildman–Crippen LogP) is -5.19. The van der Waals surface area contributed by atoms with E-state index in [9.17, 15) is 0 Å². The second-order valence-corrected chi connectivity index (χ2v) is 1.56. The van der Waals surface area contributed by atoms with Gasteiger partial charge in [-0.2, -0.15) is 0 Å². The Balaban J connectivity index is -0.0000000800. The molecular formula is HKMnNaO4. The number of hydrogen-bond acceptors (Lipinski definition) is 4. The Labute approximate surface area is 107 Å². The fraction of sp³-hybridized carbons (Fsp3) is 0. The van der Waals surface area contributed by atoms with Gasteiger partial charge < -0.3 is 0 Å². The predicted molar refractivity (Wildman–Crippen MR) is 9.21 cm³/mol. The first-order valence-electron chi connectivity index (χ1n) is 0.617. The van der Waals surface area contributed by atoms with Gasteiger partial charge in [0.2, 0.25) is 0 Å². The van der Waals surface area contributed by atoms with Crippen LogP contribution in [-0.4, -0.2) is 51.4 Å². The van der Waals surface area contributed by atoms with Gasteiger partial charge in [0.05, 0.1) is 0 Å². The third kappa shape index (κ3) is 57.1.